The van der Waals surface area contributed by atoms with Crippen LogP contribution in [-0.4, -0.2) is 52.5 Å². The molecule has 6 nitrogen and oxygen atoms in total. The minimum absolute atomic E-state index is 0.280. The number of unbranched alkanes of at least 4 members (excludes halogenated alkanes) is 7. The molecular weight excluding hydrogens is 300 g/mol. The van der Waals surface area contributed by atoms with Crippen LogP contribution in [0.5, 0.6) is 0 Å². The molecule has 1 heterocycles. The van der Waals surface area contributed by atoms with Crippen LogP contribution in [0.2, 0.25) is 0 Å². The second kappa shape index (κ2) is 11.8. The predicted molar refractivity (Wildman–Crippen MR) is 86.1 cm³/mol. The number of aliphatic carboxylic acids is 1. The van der Waals surface area contributed by atoms with Crippen molar-refractivity contribution in [3.05, 3.63) is 0 Å². The fourth-order valence-electron chi connectivity index (χ4n) is 2.73. The van der Waals surface area contributed by atoms with Gasteiger partial charge in [0.15, 0.2) is 6.29 Å². The fourth-order valence-corrected chi connectivity index (χ4v) is 2.73. The van der Waals surface area contributed by atoms with E-state index in [9.17, 15) is 15.0 Å². The molecule has 1 saturated heterocycles. The minimum Gasteiger partial charge on any atom is -0.481 e. The maximum absolute atomic E-state index is 10.4. The molecule has 4 atom stereocenters. The highest BCUT2D eigenvalue weighted by atomic mass is 16.7. The van der Waals surface area contributed by atoms with Gasteiger partial charge in [-0.25, -0.2) is 0 Å². The third-order valence-corrected chi connectivity index (χ3v) is 4.25. The van der Waals surface area contributed by atoms with Crippen LogP contribution in [0.3, 0.4) is 0 Å². The Morgan fingerprint density at radius 2 is 1.57 bits per heavy atom. The van der Waals surface area contributed by atoms with Crippen molar-refractivity contribution in [2.24, 2.45) is 0 Å². The van der Waals surface area contributed by atoms with Crippen LogP contribution in [-0.2, 0) is 14.3 Å². The van der Waals surface area contributed by atoms with Crippen LogP contribution in [0.4, 0.5) is 0 Å². The van der Waals surface area contributed by atoms with Crippen molar-refractivity contribution in [2.75, 3.05) is 6.61 Å². The summed E-state index contributed by atoms with van der Waals surface area (Å²) in [5, 5.41) is 27.9. The van der Waals surface area contributed by atoms with Gasteiger partial charge in [-0.2, -0.15) is 0 Å². The first-order valence-electron chi connectivity index (χ1n) is 8.85. The maximum atomic E-state index is 10.4. The van der Waals surface area contributed by atoms with Crippen molar-refractivity contribution in [1.82, 2.24) is 0 Å². The van der Waals surface area contributed by atoms with E-state index >= 15 is 0 Å². The molecule has 0 aliphatic carbocycles. The van der Waals surface area contributed by atoms with E-state index in [1.165, 1.54) is 6.42 Å². The minimum atomic E-state index is -0.757. The molecule has 1 aliphatic rings. The van der Waals surface area contributed by atoms with Crippen molar-refractivity contribution in [3.8, 4) is 0 Å². The molecule has 0 spiro atoms. The summed E-state index contributed by atoms with van der Waals surface area (Å²) < 4.78 is 11.0. The van der Waals surface area contributed by atoms with Crippen molar-refractivity contribution in [3.63, 3.8) is 0 Å². The van der Waals surface area contributed by atoms with E-state index < -0.39 is 24.5 Å². The van der Waals surface area contributed by atoms with Crippen LogP contribution < -0.4 is 0 Å². The van der Waals surface area contributed by atoms with Crippen LogP contribution in [0.15, 0.2) is 0 Å². The van der Waals surface area contributed by atoms with Gasteiger partial charge in [0.05, 0.1) is 12.2 Å². The molecule has 1 aliphatic heterocycles. The molecule has 0 radical (unpaired) electrons. The summed E-state index contributed by atoms with van der Waals surface area (Å²) in [4.78, 5) is 10.4. The summed E-state index contributed by atoms with van der Waals surface area (Å²) in [5.74, 6) is -0.707. The number of carboxylic acids is 1. The Balaban J connectivity index is 1.89. The summed E-state index contributed by atoms with van der Waals surface area (Å²) in [7, 11) is 0. The number of aliphatic hydroxyl groups is 2. The SMILES string of the molecule is C[C@@H]1O[C@@H](OCCCCCCCCCCC(=O)O)[C@H](O)C[C@H]1O. The molecule has 0 unspecified atom stereocenters. The highest BCUT2D eigenvalue weighted by Crippen LogP contribution is 2.21. The molecule has 0 bridgehead atoms. The predicted octanol–water partition coefficient (Wildman–Crippen LogP) is 2.46. The second-order valence-electron chi connectivity index (χ2n) is 6.42. The third kappa shape index (κ3) is 9.25. The van der Waals surface area contributed by atoms with Gasteiger partial charge in [0, 0.05) is 19.4 Å². The monoisotopic (exact) mass is 332 g/mol. The lowest BCUT2D eigenvalue weighted by Crippen LogP contribution is -2.47. The molecule has 1 rings (SSSR count). The standard InChI is InChI=1S/C17H32O6/c1-13-14(18)12-15(19)17(23-13)22-11-9-7-5-3-2-4-6-8-10-16(20)21/h13-15,17-19H,2-12H2,1H3,(H,20,21)/t13-,14+,15+,17+/m0/s1. The van der Waals surface area contributed by atoms with Gasteiger partial charge in [-0.1, -0.05) is 38.5 Å². The van der Waals surface area contributed by atoms with Crippen molar-refractivity contribution >= 4 is 5.97 Å². The summed E-state index contributed by atoms with van der Waals surface area (Å²) in [5.41, 5.74) is 0. The Morgan fingerprint density at radius 3 is 2.17 bits per heavy atom. The fraction of sp³-hybridized carbons (Fsp3) is 0.941. The van der Waals surface area contributed by atoms with E-state index in [0.29, 0.717) is 13.0 Å². The molecule has 0 aromatic heterocycles. The number of carbonyl (C=O) groups is 1. The number of hydrogen-bond donors (Lipinski definition) is 3. The number of ether oxygens (including phenoxy) is 2. The molecule has 0 aromatic rings. The first kappa shape index (κ1) is 20.4. The van der Waals surface area contributed by atoms with E-state index in [1.54, 1.807) is 6.92 Å². The molecule has 0 amide bonds. The van der Waals surface area contributed by atoms with E-state index in [4.69, 9.17) is 14.6 Å². The summed E-state index contributed by atoms with van der Waals surface area (Å²) >= 11 is 0. The lowest BCUT2D eigenvalue weighted by molar-refractivity contribution is -0.261. The number of carboxylic acid groups (broad SMARTS) is 1. The average Bonchev–Trinajstić information content (AvgIpc) is 2.49. The summed E-state index contributed by atoms with van der Waals surface area (Å²) in [6.45, 7) is 2.34. The topological polar surface area (TPSA) is 96.2 Å². The van der Waals surface area contributed by atoms with E-state index in [2.05, 4.69) is 0 Å². The lowest BCUT2D eigenvalue weighted by atomic mass is 10.0. The Kier molecular flexibility index (Phi) is 10.4. The van der Waals surface area contributed by atoms with Crippen molar-refractivity contribution < 1.29 is 29.6 Å². The number of hydrogen-bond acceptors (Lipinski definition) is 5. The van der Waals surface area contributed by atoms with Gasteiger partial charge in [-0.3, -0.25) is 4.79 Å². The molecule has 23 heavy (non-hydrogen) atoms. The Morgan fingerprint density at radius 1 is 1.00 bits per heavy atom. The molecule has 0 saturated carbocycles. The molecule has 1 fully saturated rings. The summed E-state index contributed by atoms with van der Waals surface area (Å²) in [6.07, 6.45) is 6.63. The highest BCUT2D eigenvalue weighted by molar-refractivity contribution is 5.66. The van der Waals surface area contributed by atoms with Crippen LogP contribution in [0.1, 0.15) is 71.1 Å². The van der Waals surface area contributed by atoms with Gasteiger partial charge in [0.1, 0.15) is 6.10 Å². The van der Waals surface area contributed by atoms with E-state index in [1.807, 2.05) is 0 Å². The van der Waals surface area contributed by atoms with Gasteiger partial charge in [0.2, 0.25) is 0 Å². The van der Waals surface area contributed by atoms with Crippen LogP contribution in [0, 0.1) is 0 Å². The van der Waals surface area contributed by atoms with Gasteiger partial charge in [0.25, 0.3) is 0 Å². The normalized spacial score (nSPS) is 28.0. The smallest absolute Gasteiger partial charge is 0.303 e. The summed E-state index contributed by atoms with van der Waals surface area (Å²) in [6, 6.07) is 0. The van der Waals surface area contributed by atoms with Gasteiger partial charge >= 0.3 is 5.97 Å². The number of aliphatic hydroxyl groups excluding tert-OH is 2. The first-order chi connectivity index (χ1) is 11.0. The molecular formula is C17H32O6. The molecule has 3 N–H and O–H groups in total. The first-order valence-corrected chi connectivity index (χ1v) is 8.85. The quantitative estimate of drug-likeness (QED) is 0.475. The third-order valence-electron chi connectivity index (χ3n) is 4.25. The van der Waals surface area contributed by atoms with E-state index in [0.717, 1.165) is 44.9 Å². The van der Waals surface area contributed by atoms with Gasteiger partial charge < -0.3 is 24.8 Å². The number of rotatable bonds is 12. The largest absolute Gasteiger partial charge is 0.481 e. The zero-order chi connectivity index (χ0) is 17.1. The van der Waals surface area contributed by atoms with Crippen LogP contribution >= 0.6 is 0 Å². The Bertz CT molecular complexity index is 322. The molecule has 136 valence electrons. The van der Waals surface area contributed by atoms with Gasteiger partial charge in [-0.15, -0.1) is 0 Å². The lowest BCUT2D eigenvalue weighted by Gasteiger charge is -2.35. The Labute approximate surface area is 138 Å². The van der Waals surface area contributed by atoms with Gasteiger partial charge in [-0.05, 0) is 19.8 Å². The van der Waals surface area contributed by atoms with Crippen molar-refractivity contribution in [1.29, 1.82) is 0 Å². The maximum Gasteiger partial charge on any atom is 0.303 e. The molecule has 0 aromatic carbocycles. The van der Waals surface area contributed by atoms with Crippen LogP contribution in [0.25, 0.3) is 0 Å². The average molecular weight is 332 g/mol. The zero-order valence-electron chi connectivity index (χ0n) is 14.2. The Hall–Kier alpha value is -0.690. The molecule has 6 heteroatoms. The van der Waals surface area contributed by atoms with E-state index in [-0.39, 0.29) is 12.5 Å². The van der Waals surface area contributed by atoms with Crippen molar-refractivity contribution in [2.45, 2.75) is 95.7 Å². The highest BCUT2D eigenvalue weighted by Gasteiger charge is 2.34. The zero-order valence-corrected chi connectivity index (χ0v) is 14.2. The second-order valence-corrected chi connectivity index (χ2v) is 6.42.